The second kappa shape index (κ2) is 7.66. The highest BCUT2D eigenvalue weighted by Gasteiger charge is 2.44. The highest BCUT2D eigenvalue weighted by Crippen LogP contribution is 2.40. The fourth-order valence-electron chi connectivity index (χ4n) is 5.86. The van der Waals surface area contributed by atoms with Gasteiger partial charge in [0.05, 0.1) is 5.60 Å². The van der Waals surface area contributed by atoms with Crippen LogP contribution in [0.3, 0.4) is 0 Å². The van der Waals surface area contributed by atoms with Crippen molar-refractivity contribution in [2.75, 3.05) is 13.1 Å². The lowest BCUT2D eigenvalue weighted by atomic mass is 9.71. The average Bonchev–Trinajstić information content (AvgIpc) is 3.26. The molecule has 6 heteroatoms. The minimum Gasteiger partial charge on any atom is -0.480 e. The van der Waals surface area contributed by atoms with Crippen LogP contribution in [0.4, 0.5) is 0 Å². The number of amides is 1. The number of carbonyl (C=O) groups excluding carboxylic acids is 1. The predicted octanol–water partition coefficient (Wildman–Crippen LogP) is 3.51. The molecule has 2 aromatic rings. The quantitative estimate of drug-likeness (QED) is 0.762. The van der Waals surface area contributed by atoms with Crippen molar-refractivity contribution in [1.82, 2.24) is 4.90 Å². The van der Waals surface area contributed by atoms with Gasteiger partial charge in [0.1, 0.15) is 11.3 Å². The smallest absolute Gasteiger partial charge is 0.339 e. The van der Waals surface area contributed by atoms with E-state index < -0.39 is 11.7 Å². The van der Waals surface area contributed by atoms with Crippen LogP contribution in [0.2, 0.25) is 0 Å². The van der Waals surface area contributed by atoms with Crippen LogP contribution in [0.5, 0.6) is 5.75 Å². The molecule has 31 heavy (non-hydrogen) atoms. The summed E-state index contributed by atoms with van der Waals surface area (Å²) in [6.45, 7) is 4.81. The number of rotatable bonds is 3. The number of aliphatic hydroxyl groups is 1. The van der Waals surface area contributed by atoms with Crippen LogP contribution in [-0.4, -0.2) is 40.7 Å². The van der Waals surface area contributed by atoms with Gasteiger partial charge in [0.15, 0.2) is 6.10 Å². The zero-order valence-electron chi connectivity index (χ0n) is 18.4. The lowest BCUT2D eigenvalue weighted by Crippen LogP contribution is -2.56. The zero-order chi connectivity index (χ0) is 21.8. The molecule has 0 radical (unpaired) electrons. The molecule has 0 bridgehead atoms. The van der Waals surface area contributed by atoms with Crippen molar-refractivity contribution < 1.29 is 19.1 Å². The van der Waals surface area contributed by atoms with Crippen LogP contribution in [0.1, 0.15) is 62.1 Å². The Kier molecular flexibility index (Phi) is 5.08. The molecular formula is C25H31NO5. The van der Waals surface area contributed by atoms with Gasteiger partial charge in [0.2, 0.25) is 0 Å². The Hall–Kier alpha value is -2.34. The van der Waals surface area contributed by atoms with E-state index in [0.717, 1.165) is 67.0 Å². The minimum absolute atomic E-state index is 0.0532. The number of fused-ring (bicyclic) bond motifs is 4. The van der Waals surface area contributed by atoms with E-state index in [0.29, 0.717) is 30.8 Å². The Balaban J connectivity index is 1.35. The molecule has 2 aliphatic carbocycles. The van der Waals surface area contributed by atoms with E-state index in [1.54, 1.807) is 6.92 Å². The second-order valence-electron chi connectivity index (χ2n) is 9.61. The van der Waals surface area contributed by atoms with E-state index in [4.69, 9.17) is 9.15 Å². The summed E-state index contributed by atoms with van der Waals surface area (Å²) in [7, 11) is 0. The van der Waals surface area contributed by atoms with Crippen LogP contribution in [0.15, 0.2) is 21.3 Å². The van der Waals surface area contributed by atoms with Crippen LogP contribution in [0.25, 0.3) is 11.0 Å². The van der Waals surface area contributed by atoms with E-state index in [1.807, 2.05) is 24.0 Å². The molecule has 1 saturated heterocycles. The molecule has 1 aromatic carbocycles. The highest BCUT2D eigenvalue weighted by molar-refractivity contribution is 5.87. The third kappa shape index (κ3) is 3.45. The summed E-state index contributed by atoms with van der Waals surface area (Å²) in [6, 6.07) is 3.83. The molecule has 1 saturated carbocycles. The standard InChI is InChI=1S/C25H31NO5/c1-15-21(10-9-19-18-7-5-8-20(18)24(28)31-22(15)19)30-16(2)23(27)26-13-12-25(29)11-4-3-6-17(25)14-26/h9-10,16-17,29H,3-8,11-14H2,1-2H3/t16-,17-,25-/m0/s1. The Morgan fingerprint density at radius 2 is 2.03 bits per heavy atom. The molecule has 166 valence electrons. The monoisotopic (exact) mass is 425 g/mol. The lowest BCUT2D eigenvalue weighted by molar-refractivity contribution is -0.149. The van der Waals surface area contributed by atoms with E-state index in [1.165, 1.54) is 0 Å². The fourth-order valence-corrected chi connectivity index (χ4v) is 5.86. The molecule has 3 atom stereocenters. The van der Waals surface area contributed by atoms with Crippen LogP contribution >= 0.6 is 0 Å². The molecular weight excluding hydrogens is 394 g/mol. The maximum absolute atomic E-state index is 13.1. The number of likely N-dealkylation sites (tertiary alicyclic amines) is 1. The van der Waals surface area contributed by atoms with Crippen molar-refractivity contribution in [3.05, 3.63) is 39.2 Å². The number of piperidine rings is 1. The van der Waals surface area contributed by atoms with Gasteiger partial charge in [-0.1, -0.05) is 12.8 Å². The second-order valence-corrected chi connectivity index (χ2v) is 9.61. The number of ether oxygens (including phenoxy) is 1. The van der Waals surface area contributed by atoms with Crippen LogP contribution in [-0.2, 0) is 17.6 Å². The summed E-state index contributed by atoms with van der Waals surface area (Å²) < 4.78 is 11.7. The van der Waals surface area contributed by atoms with Gasteiger partial charge < -0.3 is 19.2 Å². The van der Waals surface area contributed by atoms with E-state index >= 15 is 0 Å². The number of benzene rings is 1. The first kappa shape index (κ1) is 20.6. The number of hydrogen-bond donors (Lipinski definition) is 1. The number of aryl methyl sites for hydroxylation is 2. The number of nitrogens with zero attached hydrogens (tertiary/aromatic N) is 1. The molecule has 1 amide bonds. The molecule has 2 heterocycles. The van der Waals surface area contributed by atoms with E-state index in [-0.39, 0.29) is 17.5 Å². The molecule has 2 fully saturated rings. The van der Waals surface area contributed by atoms with Crippen molar-refractivity contribution in [3.63, 3.8) is 0 Å². The summed E-state index contributed by atoms with van der Waals surface area (Å²) in [5.41, 5.74) is 2.36. The molecule has 3 aliphatic rings. The van der Waals surface area contributed by atoms with Gasteiger partial charge in [-0.2, -0.15) is 0 Å². The molecule has 1 aromatic heterocycles. The molecule has 0 spiro atoms. The summed E-state index contributed by atoms with van der Waals surface area (Å²) in [5, 5.41) is 11.9. The first-order chi connectivity index (χ1) is 14.9. The summed E-state index contributed by atoms with van der Waals surface area (Å²) in [5.74, 6) is 0.674. The van der Waals surface area contributed by atoms with Crippen molar-refractivity contribution >= 4 is 16.9 Å². The zero-order valence-corrected chi connectivity index (χ0v) is 18.4. The van der Waals surface area contributed by atoms with Gasteiger partial charge in [-0.3, -0.25) is 4.79 Å². The Bertz CT molecular complexity index is 1090. The number of hydrogen-bond acceptors (Lipinski definition) is 5. The van der Waals surface area contributed by atoms with Gasteiger partial charge in [-0.05, 0) is 70.1 Å². The van der Waals surface area contributed by atoms with E-state index in [9.17, 15) is 14.7 Å². The highest BCUT2D eigenvalue weighted by atomic mass is 16.5. The molecule has 0 unspecified atom stereocenters. The maximum atomic E-state index is 13.1. The Morgan fingerprint density at radius 3 is 2.87 bits per heavy atom. The van der Waals surface area contributed by atoms with Crippen molar-refractivity contribution in [2.45, 2.75) is 76.9 Å². The molecule has 5 rings (SSSR count). The molecule has 1 N–H and O–H groups in total. The molecule has 1 aliphatic heterocycles. The maximum Gasteiger partial charge on any atom is 0.339 e. The summed E-state index contributed by atoms with van der Waals surface area (Å²) in [6.07, 6.45) is 6.66. The predicted molar refractivity (Wildman–Crippen MR) is 117 cm³/mol. The first-order valence-electron chi connectivity index (χ1n) is 11.6. The van der Waals surface area contributed by atoms with E-state index in [2.05, 4.69) is 0 Å². The van der Waals surface area contributed by atoms with Crippen molar-refractivity contribution in [3.8, 4) is 5.75 Å². The topological polar surface area (TPSA) is 80.0 Å². The van der Waals surface area contributed by atoms with Crippen molar-refractivity contribution in [2.24, 2.45) is 5.92 Å². The largest absolute Gasteiger partial charge is 0.480 e. The first-order valence-corrected chi connectivity index (χ1v) is 11.6. The Morgan fingerprint density at radius 1 is 1.23 bits per heavy atom. The summed E-state index contributed by atoms with van der Waals surface area (Å²) in [4.78, 5) is 27.3. The molecule has 6 nitrogen and oxygen atoms in total. The SMILES string of the molecule is Cc1c(O[C@@H](C)C(=O)N2CC[C@@]3(O)CCCC[C@H]3C2)ccc2c3c(c(=O)oc12)CCC3. The van der Waals surface area contributed by atoms with Gasteiger partial charge in [0.25, 0.3) is 5.91 Å². The third-order valence-electron chi connectivity index (χ3n) is 7.73. The normalized spacial score (nSPS) is 26.4. The van der Waals surface area contributed by atoms with Gasteiger partial charge in [0, 0.05) is 35.5 Å². The van der Waals surface area contributed by atoms with Gasteiger partial charge in [-0.25, -0.2) is 4.79 Å². The minimum atomic E-state index is -0.646. The van der Waals surface area contributed by atoms with Crippen molar-refractivity contribution in [1.29, 1.82) is 0 Å². The van der Waals surface area contributed by atoms with Crippen LogP contribution < -0.4 is 10.4 Å². The fraction of sp³-hybridized carbons (Fsp3) is 0.600. The average molecular weight is 426 g/mol. The van der Waals surface area contributed by atoms with Gasteiger partial charge >= 0.3 is 5.63 Å². The lowest BCUT2D eigenvalue weighted by Gasteiger charge is -2.47. The number of carbonyl (C=O) groups is 1. The Labute approximate surface area is 182 Å². The van der Waals surface area contributed by atoms with Crippen LogP contribution in [0, 0.1) is 12.8 Å². The third-order valence-corrected chi connectivity index (χ3v) is 7.73. The van der Waals surface area contributed by atoms with Gasteiger partial charge in [-0.15, -0.1) is 0 Å². The summed E-state index contributed by atoms with van der Waals surface area (Å²) >= 11 is 0.